The van der Waals surface area contributed by atoms with E-state index in [0.29, 0.717) is 11.2 Å². The van der Waals surface area contributed by atoms with Crippen LogP contribution < -0.4 is 0 Å². The van der Waals surface area contributed by atoms with Crippen LogP contribution in [0.1, 0.15) is 50.7 Å². The lowest BCUT2D eigenvalue weighted by atomic mass is 10.0. The van der Waals surface area contributed by atoms with Crippen LogP contribution in [0, 0.1) is 6.92 Å². The Bertz CT molecular complexity index is 321. The van der Waals surface area contributed by atoms with Crippen molar-refractivity contribution < 1.29 is 0 Å². The molecule has 0 fully saturated rings. The number of hydrogen-bond donors (Lipinski definition) is 0. The maximum absolute atomic E-state index is 4.53. The van der Waals surface area contributed by atoms with Crippen molar-refractivity contribution in [1.29, 1.82) is 0 Å². The SMILES string of the molecule is Cc1nc(CSC(C)C)ncc1C(C)C. The highest BCUT2D eigenvalue weighted by Gasteiger charge is 2.07. The van der Waals surface area contributed by atoms with Gasteiger partial charge in [-0.3, -0.25) is 0 Å². The molecule has 0 aromatic carbocycles. The molecule has 0 N–H and O–H groups in total. The van der Waals surface area contributed by atoms with Gasteiger partial charge in [0.2, 0.25) is 0 Å². The Morgan fingerprint density at radius 1 is 1.27 bits per heavy atom. The van der Waals surface area contributed by atoms with Gasteiger partial charge >= 0.3 is 0 Å². The second-order valence-electron chi connectivity index (χ2n) is 4.34. The summed E-state index contributed by atoms with van der Waals surface area (Å²) in [5.41, 5.74) is 2.38. The van der Waals surface area contributed by atoms with Gasteiger partial charge in [-0.1, -0.05) is 27.7 Å². The zero-order chi connectivity index (χ0) is 11.4. The molecule has 0 aliphatic heterocycles. The van der Waals surface area contributed by atoms with E-state index >= 15 is 0 Å². The minimum Gasteiger partial charge on any atom is -0.240 e. The highest BCUT2D eigenvalue weighted by atomic mass is 32.2. The molecular formula is C12H20N2S. The van der Waals surface area contributed by atoms with Gasteiger partial charge in [0.05, 0.1) is 5.75 Å². The van der Waals surface area contributed by atoms with Crippen LogP contribution in [0.3, 0.4) is 0 Å². The van der Waals surface area contributed by atoms with Gasteiger partial charge in [0.15, 0.2) is 0 Å². The number of aromatic nitrogens is 2. The molecule has 1 rings (SSSR count). The molecule has 0 aliphatic rings. The van der Waals surface area contributed by atoms with Gasteiger partial charge < -0.3 is 0 Å². The summed E-state index contributed by atoms with van der Waals surface area (Å²) >= 11 is 1.88. The smallest absolute Gasteiger partial charge is 0.138 e. The van der Waals surface area contributed by atoms with E-state index in [1.165, 1.54) is 5.56 Å². The number of aryl methyl sites for hydroxylation is 1. The summed E-state index contributed by atoms with van der Waals surface area (Å²) in [6.07, 6.45) is 1.98. The normalized spacial score (nSPS) is 11.4. The first-order valence-electron chi connectivity index (χ1n) is 5.44. The second-order valence-corrected chi connectivity index (χ2v) is 5.91. The number of thioether (sulfide) groups is 1. The standard InChI is InChI=1S/C12H20N2S/c1-8(2)11-6-13-12(14-10(11)5)7-15-9(3)4/h6,8-9H,7H2,1-5H3. The van der Waals surface area contributed by atoms with Crippen molar-refractivity contribution in [2.45, 2.75) is 51.5 Å². The van der Waals surface area contributed by atoms with Gasteiger partial charge in [0.1, 0.15) is 5.82 Å². The molecule has 1 aromatic heterocycles. The van der Waals surface area contributed by atoms with E-state index in [1.54, 1.807) is 0 Å². The molecule has 0 amide bonds. The van der Waals surface area contributed by atoms with Crippen molar-refractivity contribution in [1.82, 2.24) is 9.97 Å². The molecule has 0 radical (unpaired) electrons. The van der Waals surface area contributed by atoms with Crippen LogP contribution in [0.4, 0.5) is 0 Å². The van der Waals surface area contributed by atoms with Gasteiger partial charge in [-0.15, -0.1) is 0 Å². The molecule has 0 bridgehead atoms. The summed E-state index contributed by atoms with van der Waals surface area (Å²) < 4.78 is 0. The van der Waals surface area contributed by atoms with Crippen LogP contribution in [-0.2, 0) is 5.75 Å². The monoisotopic (exact) mass is 224 g/mol. The van der Waals surface area contributed by atoms with E-state index < -0.39 is 0 Å². The third kappa shape index (κ3) is 3.82. The van der Waals surface area contributed by atoms with E-state index in [0.717, 1.165) is 17.3 Å². The lowest BCUT2D eigenvalue weighted by Crippen LogP contribution is -2.02. The minimum absolute atomic E-state index is 0.511. The van der Waals surface area contributed by atoms with Crippen molar-refractivity contribution >= 4 is 11.8 Å². The fraction of sp³-hybridized carbons (Fsp3) is 0.667. The molecule has 1 aromatic rings. The van der Waals surface area contributed by atoms with Gasteiger partial charge in [0, 0.05) is 11.9 Å². The summed E-state index contributed by atoms with van der Waals surface area (Å²) in [6, 6.07) is 0. The highest BCUT2D eigenvalue weighted by Crippen LogP contribution is 2.19. The van der Waals surface area contributed by atoms with E-state index in [1.807, 2.05) is 18.0 Å². The van der Waals surface area contributed by atoms with Crippen molar-refractivity contribution in [2.24, 2.45) is 0 Å². The average molecular weight is 224 g/mol. The Morgan fingerprint density at radius 3 is 2.40 bits per heavy atom. The van der Waals surface area contributed by atoms with E-state index in [9.17, 15) is 0 Å². The Kier molecular flexibility index (Phi) is 4.58. The zero-order valence-electron chi connectivity index (χ0n) is 10.2. The highest BCUT2D eigenvalue weighted by molar-refractivity contribution is 7.99. The topological polar surface area (TPSA) is 25.8 Å². The number of nitrogens with zero attached hydrogens (tertiary/aromatic N) is 2. The van der Waals surface area contributed by atoms with Crippen LogP contribution in [0.25, 0.3) is 0 Å². The number of hydrogen-bond acceptors (Lipinski definition) is 3. The van der Waals surface area contributed by atoms with E-state index in [4.69, 9.17) is 0 Å². The van der Waals surface area contributed by atoms with Gasteiger partial charge in [0.25, 0.3) is 0 Å². The van der Waals surface area contributed by atoms with Crippen LogP contribution >= 0.6 is 11.8 Å². The summed E-state index contributed by atoms with van der Waals surface area (Å²) in [6.45, 7) is 10.8. The van der Waals surface area contributed by atoms with Crippen LogP contribution in [0.5, 0.6) is 0 Å². The first-order chi connectivity index (χ1) is 7.00. The van der Waals surface area contributed by atoms with Gasteiger partial charge in [-0.2, -0.15) is 11.8 Å². The zero-order valence-corrected chi connectivity index (χ0v) is 11.1. The molecule has 15 heavy (non-hydrogen) atoms. The van der Waals surface area contributed by atoms with Crippen molar-refractivity contribution in [3.63, 3.8) is 0 Å². The maximum Gasteiger partial charge on any atom is 0.138 e. The molecule has 0 spiro atoms. The van der Waals surface area contributed by atoms with E-state index in [-0.39, 0.29) is 0 Å². The van der Waals surface area contributed by atoms with Crippen LogP contribution in [-0.4, -0.2) is 15.2 Å². The predicted octanol–water partition coefficient (Wildman–Crippen LogP) is 3.55. The Labute approximate surface area is 96.9 Å². The second kappa shape index (κ2) is 5.50. The van der Waals surface area contributed by atoms with E-state index in [2.05, 4.69) is 44.6 Å². The largest absolute Gasteiger partial charge is 0.240 e. The van der Waals surface area contributed by atoms with Gasteiger partial charge in [-0.25, -0.2) is 9.97 Å². The average Bonchev–Trinajstić information content (AvgIpc) is 2.14. The summed E-state index contributed by atoms with van der Waals surface area (Å²) in [4.78, 5) is 8.94. The van der Waals surface area contributed by atoms with Crippen LogP contribution in [0.2, 0.25) is 0 Å². The summed E-state index contributed by atoms with van der Waals surface area (Å²) in [5.74, 6) is 2.38. The third-order valence-electron chi connectivity index (χ3n) is 2.23. The Morgan fingerprint density at radius 2 is 1.93 bits per heavy atom. The van der Waals surface area contributed by atoms with Crippen LogP contribution in [0.15, 0.2) is 6.20 Å². The third-order valence-corrected chi connectivity index (χ3v) is 3.33. The molecule has 1 heterocycles. The molecule has 0 saturated carbocycles. The fourth-order valence-electron chi connectivity index (χ4n) is 1.40. The lowest BCUT2D eigenvalue weighted by molar-refractivity contribution is 0.817. The van der Waals surface area contributed by atoms with Crippen molar-refractivity contribution in [2.75, 3.05) is 0 Å². The Balaban J connectivity index is 2.73. The molecule has 0 unspecified atom stereocenters. The fourth-order valence-corrected chi connectivity index (χ4v) is 2.02. The number of rotatable bonds is 4. The van der Waals surface area contributed by atoms with Crippen molar-refractivity contribution in [3.8, 4) is 0 Å². The van der Waals surface area contributed by atoms with Gasteiger partial charge in [-0.05, 0) is 23.7 Å². The lowest BCUT2D eigenvalue weighted by Gasteiger charge is -2.10. The molecule has 0 atom stereocenters. The molecule has 0 aliphatic carbocycles. The minimum atomic E-state index is 0.511. The van der Waals surface area contributed by atoms with Crippen molar-refractivity contribution in [3.05, 3.63) is 23.3 Å². The maximum atomic E-state index is 4.53. The molecule has 0 saturated heterocycles. The first kappa shape index (κ1) is 12.5. The summed E-state index contributed by atoms with van der Waals surface area (Å²) in [5, 5.41) is 0.638. The predicted molar refractivity (Wildman–Crippen MR) is 67.3 cm³/mol. The summed E-state index contributed by atoms with van der Waals surface area (Å²) in [7, 11) is 0. The first-order valence-corrected chi connectivity index (χ1v) is 6.49. The quantitative estimate of drug-likeness (QED) is 0.782. The molecule has 84 valence electrons. The molecule has 2 nitrogen and oxygen atoms in total. The molecule has 3 heteroatoms. The molecular weight excluding hydrogens is 204 g/mol. The Hall–Kier alpha value is -0.570.